The van der Waals surface area contributed by atoms with Crippen molar-refractivity contribution in [1.29, 1.82) is 0 Å². The van der Waals surface area contributed by atoms with Crippen molar-refractivity contribution in [1.82, 2.24) is 10.2 Å². The average molecular weight is 318 g/mol. The third kappa shape index (κ3) is 3.57. The van der Waals surface area contributed by atoms with E-state index in [-0.39, 0.29) is 30.7 Å². The van der Waals surface area contributed by atoms with E-state index in [0.29, 0.717) is 0 Å². The Bertz CT molecular complexity index is 460. The number of fused-ring (bicyclic) bond motifs is 1. The molecule has 1 amide bonds. The fraction of sp³-hybridized carbons (Fsp3) is 0.500. The summed E-state index contributed by atoms with van der Waals surface area (Å²) in [5.41, 5.74) is 3.29. The third-order valence-electron chi connectivity index (χ3n) is 3.69. The molecule has 0 saturated carbocycles. The topological polar surface area (TPSA) is 44.4 Å². The van der Waals surface area contributed by atoms with Crippen molar-refractivity contribution in [2.75, 3.05) is 38.0 Å². The number of rotatable bonds is 1. The lowest BCUT2D eigenvalue weighted by atomic mass is 10.1. The van der Waals surface area contributed by atoms with Crippen LogP contribution in [0.2, 0.25) is 0 Å². The molecule has 3 rings (SSSR count). The highest BCUT2D eigenvalue weighted by atomic mass is 35.5. The minimum Gasteiger partial charge on any atom is -0.384 e. The second-order valence-electron chi connectivity index (χ2n) is 4.94. The molecule has 1 fully saturated rings. The third-order valence-corrected chi connectivity index (χ3v) is 3.69. The summed E-state index contributed by atoms with van der Waals surface area (Å²) in [5.74, 6) is 0.174. The van der Waals surface area contributed by atoms with Gasteiger partial charge in [0.25, 0.3) is 5.91 Å². The van der Waals surface area contributed by atoms with Crippen molar-refractivity contribution in [3.63, 3.8) is 0 Å². The lowest BCUT2D eigenvalue weighted by Crippen LogP contribution is -2.34. The Morgan fingerprint density at radius 2 is 1.95 bits per heavy atom. The van der Waals surface area contributed by atoms with Crippen LogP contribution in [0.25, 0.3) is 0 Å². The van der Waals surface area contributed by atoms with Crippen LogP contribution in [0.3, 0.4) is 0 Å². The fourth-order valence-electron chi connectivity index (χ4n) is 2.67. The first-order chi connectivity index (χ1) is 8.84. The van der Waals surface area contributed by atoms with Gasteiger partial charge in [-0.05, 0) is 43.1 Å². The first-order valence-corrected chi connectivity index (χ1v) is 6.71. The van der Waals surface area contributed by atoms with Crippen molar-refractivity contribution in [2.45, 2.75) is 12.8 Å². The van der Waals surface area contributed by atoms with Crippen LogP contribution in [-0.4, -0.2) is 43.5 Å². The number of anilines is 1. The molecule has 4 nitrogen and oxygen atoms in total. The highest BCUT2D eigenvalue weighted by molar-refractivity contribution is 5.95. The monoisotopic (exact) mass is 317 g/mol. The number of benzene rings is 1. The molecular weight excluding hydrogens is 297 g/mol. The Hall–Kier alpha value is -0.970. The molecule has 1 saturated heterocycles. The zero-order valence-corrected chi connectivity index (χ0v) is 13.0. The van der Waals surface area contributed by atoms with Gasteiger partial charge in [-0.25, -0.2) is 0 Å². The second-order valence-corrected chi connectivity index (χ2v) is 4.94. The zero-order chi connectivity index (χ0) is 12.4. The molecule has 2 aliphatic heterocycles. The van der Waals surface area contributed by atoms with E-state index in [1.165, 1.54) is 11.3 Å². The number of amides is 1. The van der Waals surface area contributed by atoms with Gasteiger partial charge >= 0.3 is 0 Å². The molecule has 0 unspecified atom stereocenters. The molecule has 0 radical (unpaired) electrons. The maximum absolute atomic E-state index is 12.4. The van der Waals surface area contributed by atoms with Crippen molar-refractivity contribution in [3.05, 3.63) is 29.3 Å². The quantitative estimate of drug-likeness (QED) is 0.832. The van der Waals surface area contributed by atoms with E-state index in [1.54, 1.807) is 0 Å². The summed E-state index contributed by atoms with van der Waals surface area (Å²) >= 11 is 0. The number of hydrogen-bond donors (Lipinski definition) is 2. The van der Waals surface area contributed by atoms with Crippen molar-refractivity contribution >= 4 is 36.4 Å². The standard InChI is InChI=1S/C14H19N3O.2ClH/c18-14(17-8-1-5-15-7-9-17)12-2-3-13-11(10-12)4-6-16-13;;/h2-3,10,15-16H,1,4-9H2;2*1H. The van der Waals surface area contributed by atoms with Gasteiger partial charge in [-0.15, -0.1) is 24.8 Å². The van der Waals surface area contributed by atoms with Crippen LogP contribution < -0.4 is 10.6 Å². The van der Waals surface area contributed by atoms with Crippen LogP contribution in [0.4, 0.5) is 5.69 Å². The van der Waals surface area contributed by atoms with Crippen LogP contribution in [0, 0.1) is 0 Å². The van der Waals surface area contributed by atoms with E-state index in [9.17, 15) is 4.79 Å². The summed E-state index contributed by atoms with van der Waals surface area (Å²) in [5, 5.41) is 6.64. The molecule has 0 bridgehead atoms. The fourth-order valence-corrected chi connectivity index (χ4v) is 2.67. The number of nitrogens with zero attached hydrogens (tertiary/aromatic N) is 1. The lowest BCUT2D eigenvalue weighted by molar-refractivity contribution is 0.0766. The van der Waals surface area contributed by atoms with Crippen LogP contribution in [0.1, 0.15) is 22.3 Å². The minimum atomic E-state index is 0. The molecule has 0 atom stereocenters. The predicted molar refractivity (Wildman–Crippen MR) is 86.5 cm³/mol. The SMILES string of the molecule is Cl.Cl.O=C(c1ccc2c(c1)CCN2)N1CCCNCC1. The molecule has 6 heteroatoms. The molecule has 0 spiro atoms. The van der Waals surface area contributed by atoms with E-state index in [1.807, 2.05) is 17.0 Å². The van der Waals surface area contributed by atoms with Gasteiger partial charge in [0, 0.05) is 37.4 Å². The zero-order valence-electron chi connectivity index (χ0n) is 11.4. The number of hydrogen-bond acceptors (Lipinski definition) is 3. The normalized spacial score (nSPS) is 17.1. The number of nitrogens with one attached hydrogen (secondary N) is 2. The lowest BCUT2D eigenvalue weighted by Gasteiger charge is -2.20. The van der Waals surface area contributed by atoms with Gasteiger partial charge in [0.05, 0.1) is 0 Å². The molecule has 0 aliphatic carbocycles. The van der Waals surface area contributed by atoms with Gasteiger partial charge in [-0.2, -0.15) is 0 Å². The van der Waals surface area contributed by atoms with Gasteiger partial charge in [-0.3, -0.25) is 4.79 Å². The predicted octanol–water partition coefficient (Wildman–Crippen LogP) is 1.93. The number of carbonyl (C=O) groups excluding carboxylic acids is 1. The van der Waals surface area contributed by atoms with E-state index < -0.39 is 0 Å². The van der Waals surface area contributed by atoms with Crippen LogP contribution in [-0.2, 0) is 6.42 Å². The highest BCUT2D eigenvalue weighted by Crippen LogP contribution is 2.23. The van der Waals surface area contributed by atoms with Crippen molar-refractivity contribution < 1.29 is 4.79 Å². The molecule has 1 aromatic rings. The van der Waals surface area contributed by atoms with E-state index in [2.05, 4.69) is 16.7 Å². The van der Waals surface area contributed by atoms with Gasteiger partial charge in [0.15, 0.2) is 0 Å². The molecule has 1 aromatic carbocycles. The van der Waals surface area contributed by atoms with Gasteiger partial charge in [0.2, 0.25) is 0 Å². The molecule has 20 heavy (non-hydrogen) atoms. The first kappa shape index (κ1) is 17.1. The molecular formula is C14H21Cl2N3O. The summed E-state index contributed by atoms with van der Waals surface area (Å²) in [6.07, 6.45) is 2.07. The first-order valence-electron chi connectivity index (χ1n) is 6.71. The molecule has 2 heterocycles. The average Bonchev–Trinajstić information content (AvgIpc) is 2.69. The smallest absolute Gasteiger partial charge is 0.253 e. The highest BCUT2D eigenvalue weighted by Gasteiger charge is 2.19. The Labute approximate surface area is 132 Å². The largest absolute Gasteiger partial charge is 0.384 e. The van der Waals surface area contributed by atoms with Crippen molar-refractivity contribution in [2.24, 2.45) is 0 Å². The molecule has 0 aromatic heterocycles. The van der Waals surface area contributed by atoms with Crippen LogP contribution in [0.5, 0.6) is 0 Å². The summed E-state index contributed by atoms with van der Waals surface area (Å²) in [7, 11) is 0. The molecule has 2 aliphatic rings. The van der Waals surface area contributed by atoms with Gasteiger partial charge in [-0.1, -0.05) is 0 Å². The van der Waals surface area contributed by atoms with E-state index >= 15 is 0 Å². The summed E-state index contributed by atoms with van der Waals surface area (Å²) < 4.78 is 0. The summed E-state index contributed by atoms with van der Waals surface area (Å²) in [6, 6.07) is 6.03. The number of halogens is 2. The summed E-state index contributed by atoms with van der Waals surface area (Å²) in [6.45, 7) is 4.58. The Morgan fingerprint density at radius 1 is 1.10 bits per heavy atom. The Kier molecular flexibility index (Phi) is 6.59. The maximum Gasteiger partial charge on any atom is 0.253 e. The Morgan fingerprint density at radius 3 is 2.80 bits per heavy atom. The summed E-state index contributed by atoms with van der Waals surface area (Å²) in [4.78, 5) is 14.4. The van der Waals surface area contributed by atoms with Crippen LogP contribution >= 0.6 is 24.8 Å². The number of carbonyl (C=O) groups is 1. The van der Waals surface area contributed by atoms with Crippen LogP contribution in [0.15, 0.2) is 18.2 Å². The van der Waals surface area contributed by atoms with Gasteiger partial charge < -0.3 is 15.5 Å². The minimum absolute atomic E-state index is 0. The van der Waals surface area contributed by atoms with E-state index in [4.69, 9.17) is 0 Å². The molecule has 2 N–H and O–H groups in total. The maximum atomic E-state index is 12.4. The van der Waals surface area contributed by atoms with Gasteiger partial charge in [0.1, 0.15) is 0 Å². The van der Waals surface area contributed by atoms with Crippen molar-refractivity contribution in [3.8, 4) is 0 Å². The molecule has 112 valence electrons. The Balaban J connectivity index is 0.000001000. The van der Waals surface area contributed by atoms with E-state index in [0.717, 1.165) is 51.1 Å². The second kappa shape index (κ2) is 7.72.